The monoisotopic (exact) mass is 428 g/mol. The summed E-state index contributed by atoms with van der Waals surface area (Å²) in [5.74, 6) is 0.318. The van der Waals surface area contributed by atoms with Gasteiger partial charge in [-0.1, -0.05) is 17.8 Å². The minimum absolute atomic E-state index is 0.129. The Balaban J connectivity index is 1.44. The van der Waals surface area contributed by atoms with Gasteiger partial charge in [-0.25, -0.2) is 9.37 Å². The molecule has 1 amide bonds. The second-order valence-electron chi connectivity index (χ2n) is 7.15. The molecule has 0 aromatic carbocycles. The van der Waals surface area contributed by atoms with Crippen LogP contribution in [0, 0.1) is 5.82 Å². The molecule has 2 N–H and O–H groups in total. The topological polar surface area (TPSA) is 104 Å². The van der Waals surface area contributed by atoms with Gasteiger partial charge in [0.1, 0.15) is 27.3 Å². The van der Waals surface area contributed by atoms with Crippen molar-refractivity contribution in [2.45, 2.75) is 24.7 Å². The molecule has 3 aromatic heterocycles. The van der Waals surface area contributed by atoms with E-state index in [1.165, 1.54) is 22.3 Å². The molecule has 0 radical (unpaired) electrons. The molecule has 3 aromatic rings. The molecule has 4 rings (SSSR count). The Morgan fingerprint density at radius 1 is 1.27 bits per heavy atom. The zero-order valence-electron chi connectivity index (χ0n) is 16.2. The fourth-order valence-electron chi connectivity index (χ4n) is 3.52. The highest BCUT2D eigenvalue weighted by Crippen LogP contribution is 2.43. The van der Waals surface area contributed by atoms with E-state index < -0.39 is 0 Å². The Bertz CT molecular complexity index is 1010. The summed E-state index contributed by atoms with van der Waals surface area (Å²) in [6, 6.07) is 6.65. The summed E-state index contributed by atoms with van der Waals surface area (Å²) >= 11 is 1.29. The van der Waals surface area contributed by atoms with Gasteiger partial charge in [0.25, 0.3) is 0 Å². The highest BCUT2D eigenvalue weighted by molar-refractivity contribution is 7.19. The van der Waals surface area contributed by atoms with Crippen molar-refractivity contribution in [3.8, 4) is 10.7 Å². The number of pyridine rings is 1. The number of hydrogen-bond donors (Lipinski definition) is 2. The molecule has 8 nitrogen and oxygen atoms in total. The van der Waals surface area contributed by atoms with Crippen LogP contribution in [0.4, 0.5) is 15.2 Å². The van der Waals surface area contributed by atoms with Crippen molar-refractivity contribution in [1.29, 1.82) is 0 Å². The highest BCUT2D eigenvalue weighted by Gasteiger charge is 2.41. The van der Waals surface area contributed by atoms with Gasteiger partial charge in [-0.2, -0.15) is 0 Å². The van der Waals surface area contributed by atoms with Gasteiger partial charge in [0.2, 0.25) is 6.41 Å². The number of hydrogen-bond acceptors (Lipinski definition) is 8. The summed E-state index contributed by atoms with van der Waals surface area (Å²) in [5.41, 5.74) is 0.771. The summed E-state index contributed by atoms with van der Waals surface area (Å²) in [6.07, 6.45) is 6.65. The molecule has 0 saturated heterocycles. The maximum Gasteiger partial charge on any atom is 0.214 e. The first-order valence-electron chi connectivity index (χ1n) is 9.63. The lowest BCUT2D eigenvalue weighted by Gasteiger charge is -2.41. The number of nitrogens with zero attached hydrogens (tertiary/aromatic N) is 5. The van der Waals surface area contributed by atoms with Crippen molar-refractivity contribution in [2.24, 2.45) is 0 Å². The fourth-order valence-corrected chi connectivity index (χ4v) is 4.39. The Morgan fingerprint density at radius 2 is 2.13 bits per heavy atom. The first kappa shape index (κ1) is 20.3. The molecule has 3 heterocycles. The van der Waals surface area contributed by atoms with Crippen LogP contribution in [0.1, 0.15) is 25.0 Å². The first-order chi connectivity index (χ1) is 14.6. The number of thiazole rings is 1. The number of anilines is 2. The summed E-state index contributed by atoms with van der Waals surface area (Å²) < 4.78 is 14.2. The van der Waals surface area contributed by atoms with Gasteiger partial charge < -0.3 is 15.3 Å². The van der Waals surface area contributed by atoms with Crippen molar-refractivity contribution < 1.29 is 14.3 Å². The van der Waals surface area contributed by atoms with Crippen molar-refractivity contribution >= 4 is 28.6 Å². The second kappa shape index (κ2) is 8.80. The molecule has 0 atom stereocenters. The molecule has 1 fully saturated rings. The molecule has 0 unspecified atom stereocenters. The molecule has 10 heteroatoms. The molecule has 1 aliphatic carbocycles. The van der Waals surface area contributed by atoms with Crippen LogP contribution < -0.4 is 10.2 Å². The lowest BCUT2D eigenvalue weighted by molar-refractivity contribution is -0.107. The number of aliphatic hydroxyl groups excluding tert-OH is 1. The largest absolute Gasteiger partial charge is 0.395 e. The van der Waals surface area contributed by atoms with E-state index >= 15 is 0 Å². The molecule has 156 valence electrons. The van der Waals surface area contributed by atoms with E-state index in [-0.39, 0.29) is 24.4 Å². The summed E-state index contributed by atoms with van der Waals surface area (Å²) in [6.45, 7) is 0.611. The van der Waals surface area contributed by atoms with Gasteiger partial charge in [0, 0.05) is 24.7 Å². The smallest absolute Gasteiger partial charge is 0.214 e. The summed E-state index contributed by atoms with van der Waals surface area (Å²) in [5, 5.41) is 22.0. The van der Waals surface area contributed by atoms with Gasteiger partial charge in [-0.05, 0) is 37.1 Å². The van der Waals surface area contributed by atoms with Crippen LogP contribution in [-0.4, -0.2) is 51.4 Å². The molecular weight excluding hydrogens is 407 g/mol. The Hall–Kier alpha value is -2.98. The number of halogens is 1. The van der Waals surface area contributed by atoms with Crippen molar-refractivity contribution in [3.63, 3.8) is 0 Å². The van der Waals surface area contributed by atoms with Crippen molar-refractivity contribution in [2.75, 3.05) is 29.9 Å². The van der Waals surface area contributed by atoms with E-state index in [1.807, 2.05) is 0 Å². The molecule has 0 bridgehead atoms. The predicted molar refractivity (Wildman–Crippen MR) is 112 cm³/mol. The van der Waals surface area contributed by atoms with Gasteiger partial charge >= 0.3 is 0 Å². The van der Waals surface area contributed by atoms with Crippen LogP contribution >= 0.6 is 11.3 Å². The Labute approximate surface area is 176 Å². The first-order valence-corrected chi connectivity index (χ1v) is 10.4. The van der Waals surface area contributed by atoms with E-state index in [0.717, 1.165) is 19.3 Å². The lowest BCUT2D eigenvalue weighted by atomic mass is 9.66. The van der Waals surface area contributed by atoms with Crippen LogP contribution in [0.3, 0.4) is 0 Å². The number of carbonyl (C=O) groups excluding carboxylic acids is 1. The SMILES string of the molecule is O=CN(CCO)c1cnc(-c2ccc(NCC3(c4ncccc4F)CCC3)nn2)s1. The molecule has 1 saturated carbocycles. The van der Waals surface area contributed by atoms with Crippen LogP contribution in [0.15, 0.2) is 36.7 Å². The van der Waals surface area contributed by atoms with E-state index in [0.29, 0.717) is 40.2 Å². The predicted octanol–water partition coefficient (Wildman–Crippen LogP) is 2.62. The zero-order chi connectivity index (χ0) is 21.0. The normalized spacial score (nSPS) is 14.7. The number of rotatable bonds is 9. The number of aromatic nitrogens is 4. The summed E-state index contributed by atoms with van der Waals surface area (Å²) in [7, 11) is 0. The third-order valence-corrected chi connectivity index (χ3v) is 6.36. The second-order valence-corrected chi connectivity index (χ2v) is 8.16. The Morgan fingerprint density at radius 3 is 2.77 bits per heavy atom. The average Bonchev–Trinajstić information content (AvgIpc) is 3.23. The molecule has 1 aliphatic rings. The van der Waals surface area contributed by atoms with E-state index in [4.69, 9.17) is 5.11 Å². The van der Waals surface area contributed by atoms with E-state index in [1.54, 1.807) is 30.6 Å². The maximum absolute atomic E-state index is 14.2. The number of amides is 1. The minimum Gasteiger partial charge on any atom is -0.395 e. The third-order valence-electron chi connectivity index (χ3n) is 5.31. The lowest BCUT2D eigenvalue weighted by Crippen LogP contribution is -2.42. The molecule has 0 spiro atoms. The van der Waals surface area contributed by atoms with E-state index in [9.17, 15) is 9.18 Å². The van der Waals surface area contributed by atoms with Gasteiger partial charge in [0.15, 0.2) is 0 Å². The van der Waals surface area contributed by atoms with Gasteiger partial charge in [-0.3, -0.25) is 9.78 Å². The zero-order valence-corrected chi connectivity index (χ0v) is 17.0. The van der Waals surface area contributed by atoms with Gasteiger partial charge in [-0.15, -0.1) is 10.2 Å². The number of nitrogens with one attached hydrogen (secondary N) is 1. The fraction of sp³-hybridized carbons (Fsp3) is 0.350. The summed E-state index contributed by atoms with van der Waals surface area (Å²) in [4.78, 5) is 21.1. The Kier molecular flexibility index (Phi) is 5.96. The number of aliphatic hydroxyl groups is 1. The molecule has 30 heavy (non-hydrogen) atoms. The quantitative estimate of drug-likeness (QED) is 0.505. The number of carbonyl (C=O) groups is 1. The maximum atomic E-state index is 14.2. The van der Waals surface area contributed by atoms with Crippen LogP contribution in [-0.2, 0) is 10.2 Å². The van der Waals surface area contributed by atoms with Crippen LogP contribution in [0.5, 0.6) is 0 Å². The van der Waals surface area contributed by atoms with Crippen LogP contribution in [0.25, 0.3) is 10.7 Å². The highest BCUT2D eigenvalue weighted by atomic mass is 32.1. The standard InChI is InChI=1S/C20H21FN6O2S/c21-14-3-1-8-22-18(14)20(6-2-7-20)12-24-16-5-4-15(25-26-16)19-23-11-17(30-19)27(13-29)9-10-28/h1,3-5,8,11,13,28H,2,6-7,9-10,12H2,(H,24,26). The van der Waals surface area contributed by atoms with Crippen LogP contribution in [0.2, 0.25) is 0 Å². The molecule has 0 aliphatic heterocycles. The van der Waals surface area contributed by atoms with Crippen molar-refractivity contribution in [3.05, 3.63) is 48.2 Å². The van der Waals surface area contributed by atoms with Gasteiger partial charge in [0.05, 0.1) is 18.5 Å². The third kappa shape index (κ3) is 4.01. The molecular formula is C20H21FN6O2S. The van der Waals surface area contributed by atoms with E-state index in [2.05, 4.69) is 25.5 Å². The van der Waals surface area contributed by atoms with Crippen molar-refractivity contribution in [1.82, 2.24) is 20.2 Å². The minimum atomic E-state index is -0.319. The average molecular weight is 428 g/mol.